The predicted molar refractivity (Wildman–Crippen MR) is 68.3 cm³/mol. The van der Waals surface area contributed by atoms with Crippen LogP contribution in [0.5, 0.6) is 0 Å². The largest absolute Gasteiger partial charge is 0.481 e. The van der Waals surface area contributed by atoms with Crippen molar-refractivity contribution in [1.29, 1.82) is 0 Å². The molecule has 2 amide bonds. The standard InChI is InChI=1S/C13H16N2O4/c1-9(16)14-8-12(17)15-7-11-5-3-2-4-10(11)6-13(18)19/h2-5H,6-8H2,1H3,(H,14,16)(H,15,17)(H,18,19). The Labute approximate surface area is 110 Å². The molecule has 0 heterocycles. The summed E-state index contributed by atoms with van der Waals surface area (Å²) in [5.41, 5.74) is 1.41. The fraction of sp³-hybridized carbons (Fsp3) is 0.308. The van der Waals surface area contributed by atoms with Gasteiger partial charge >= 0.3 is 5.97 Å². The third-order valence-corrected chi connectivity index (χ3v) is 2.43. The number of carboxylic acids is 1. The van der Waals surface area contributed by atoms with E-state index in [1.807, 2.05) is 0 Å². The summed E-state index contributed by atoms with van der Waals surface area (Å²) in [4.78, 5) is 32.8. The zero-order valence-corrected chi connectivity index (χ0v) is 10.6. The molecule has 0 aliphatic rings. The lowest BCUT2D eigenvalue weighted by Gasteiger charge is -2.09. The SMILES string of the molecule is CC(=O)NCC(=O)NCc1ccccc1CC(=O)O. The summed E-state index contributed by atoms with van der Waals surface area (Å²) in [5, 5.41) is 13.8. The minimum atomic E-state index is -0.919. The van der Waals surface area contributed by atoms with Crippen LogP contribution < -0.4 is 10.6 Å². The zero-order chi connectivity index (χ0) is 14.3. The van der Waals surface area contributed by atoms with E-state index in [0.29, 0.717) is 5.56 Å². The third kappa shape index (κ3) is 5.67. The van der Waals surface area contributed by atoms with E-state index >= 15 is 0 Å². The first kappa shape index (κ1) is 14.7. The first-order valence-electron chi connectivity index (χ1n) is 5.78. The molecule has 0 saturated heterocycles. The molecule has 0 aliphatic heterocycles. The molecule has 102 valence electrons. The van der Waals surface area contributed by atoms with Crippen molar-refractivity contribution >= 4 is 17.8 Å². The van der Waals surface area contributed by atoms with Gasteiger partial charge < -0.3 is 15.7 Å². The summed E-state index contributed by atoms with van der Waals surface area (Å²) in [6, 6.07) is 7.00. The molecule has 0 aromatic heterocycles. The number of carbonyl (C=O) groups excluding carboxylic acids is 2. The molecule has 1 aromatic carbocycles. The topological polar surface area (TPSA) is 95.5 Å². The van der Waals surface area contributed by atoms with E-state index < -0.39 is 5.97 Å². The van der Waals surface area contributed by atoms with E-state index in [1.165, 1.54) is 6.92 Å². The van der Waals surface area contributed by atoms with Gasteiger partial charge in [0.15, 0.2) is 0 Å². The van der Waals surface area contributed by atoms with E-state index in [1.54, 1.807) is 24.3 Å². The molecule has 0 atom stereocenters. The summed E-state index contributed by atoms with van der Waals surface area (Å²) in [6.45, 7) is 1.48. The molecule has 19 heavy (non-hydrogen) atoms. The van der Waals surface area contributed by atoms with E-state index in [2.05, 4.69) is 10.6 Å². The molecule has 0 aliphatic carbocycles. The number of nitrogens with one attached hydrogen (secondary N) is 2. The molecular formula is C13H16N2O4. The van der Waals surface area contributed by atoms with Crippen LogP contribution in [-0.4, -0.2) is 29.4 Å². The summed E-state index contributed by atoms with van der Waals surface area (Å²) >= 11 is 0. The second-order valence-electron chi connectivity index (χ2n) is 4.03. The molecule has 0 bridgehead atoms. The molecule has 0 radical (unpaired) electrons. The van der Waals surface area contributed by atoms with Gasteiger partial charge in [-0.2, -0.15) is 0 Å². The van der Waals surface area contributed by atoms with Crippen molar-refractivity contribution < 1.29 is 19.5 Å². The molecule has 0 saturated carbocycles. The first-order chi connectivity index (χ1) is 8.99. The Morgan fingerprint density at radius 1 is 1.11 bits per heavy atom. The van der Waals surface area contributed by atoms with Crippen molar-refractivity contribution in [3.05, 3.63) is 35.4 Å². The molecule has 1 rings (SSSR count). The zero-order valence-electron chi connectivity index (χ0n) is 10.6. The van der Waals surface area contributed by atoms with Crippen molar-refractivity contribution in [3.63, 3.8) is 0 Å². The number of amides is 2. The number of aliphatic carboxylic acids is 1. The Bertz CT molecular complexity index is 485. The van der Waals surface area contributed by atoms with Crippen LogP contribution in [0.15, 0.2) is 24.3 Å². The van der Waals surface area contributed by atoms with Crippen LogP contribution in [0.4, 0.5) is 0 Å². The van der Waals surface area contributed by atoms with Gasteiger partial charge in [0, 0.05) is 13.5 Å². The van der Waals surface area contributed by atoms with Gasteiger partial charge in [0.05, 0.1) is 13.0 Å². The number of rotatable bonds is 6. The normalized spacial score (nSPS) is 9.74. The van der Waals surface area contributed by atoms with Gasteiger partial charge in [-0.25, -0.2) is 0 Å². The average Bonchev–Trinajstić information content (AvgIpc) is 2.34. The number of benzene rings is 1. The van der Waals surface area contributed by atoms with Gasteiger partial charge in [-0.05, 0) is 11.1 Å². The van der Waals surface area contributed by atoms with Gasteiger partial charge in [0.1, 0.15) is 0 Å². The molecule has 0 spiro atoms. The maximum Gasteiger partial charge on any atom is 0.307 e. The number of hydrogen-bond donors (Lipinski definition) is 3. The van der Waals surface area contributed by atoms with Gasteiger partial charge in [-0.3, -0.25) is 14.4 Å². The van der Waals surface area contributed by atoms with Crippen LogP contribution in [0, 0.1) is 0 Å². The van der Waals surface area contributed by atoms with Crippen molar-refractivity contribution in [2.45, 2.75) is 19.9 Å². The van der Waals surface area contributed by atoms with Gasteiger partial charge in [0.25, 0.3) is 0 Å². The Balaban J connectivity index is 2.55. The third-order valence-electron chi connectivity index (χ3n) is 2.43. The number of carbonyl (C=O) groups is 3. The summed E-state index contributed by atoms with van der Waals surface area (Å²) in [6.07, 6.45) is -0.0856. The minimum absolute atomic E-state index is 0.0856. The highest BCUT2D eigenvalue weighted by Crippen LogP contribution is 2.09. The predicted octanol–water partition coefficient (Wildman–Crippen LogP) is 0.0660. The Kier molecular flexibility index (Phi) is 5.53. The van der Waals surface area contributed by atoms with Crippen molar-refractivity contribution in [1.82, 2.24) is 10.6 Å². The van der Waals surface area contributed by atoms with Gasteiger partial charge in [0.2, 0.25) is 11.8 Å². The molecular weight excluding hydrogens is 248 g/mol. The van der Waals surface area contributed by atoms with E-state index in [4.69, 9.17) is 5.11 Å². The highest BCUT2D eigenvalue weighted by molar-refractivity contribution is 5.83. The molecule has 0 fully saturated rings. The molecule has 3 N–H and O–H groups in total. The minimum Gasteiger partial charge on any atom is -0.481 e. The smallest absolute Gasteiger partial charge is 0.307 e. The van der Waals surface area contributed by atoms with Gasteiger partial charge in [-0.15, -0.1) is 0 Å². The summed E-state index contributed by atoms with van der Waals surface area (Å²) in [7, 11) is 0. The maximum atomic E-state index is 11.4. The Morgan fingerprint density at radius 3 is 2.32 bits per heavy atom. The van der Waals surface area contributed by atoms with Crippen LogP contribution in [-0.2, 0) is 27.3 Å². The summed E-state index contributed by atoms with van der Waals surface area (Å²) in [5.74, 6) is -1.52. The second-order valence-corrected chi connectivity index (χ2v) is 4.03. The monoisotopic (exact) mass is 264 g/mol. The van der Waals surface area contributed by atoms with E-state index in [9.17, 15) is 14.4 Å². The van der Waals surface area contributed by atoms with Crippen LogP contribution >= 0.6 is 0 Å². The van der Waals surface area contributed by atoms with Gasteiger partial charge in [-0.1, -0.05) is 24.3 Å². The lowest BCUT2D eigenvalue weighted by atomic mass is 10.0. The molecule has 6 nitrogen and oxygen atoms in total. The van der Waals surface area contributed by atoms with Crippen LogP contribution in [0.25, 0.3) is 0 Å². The first-order valence-corrected chi connectivity index (χ1v) is 5.78. The lowest BCUT2D eigenvalue weighted by molar-refractivity contribution is -0.136. The molecule has 6 heteroatoms. The molecule has 0 unspecified atom stereocenters. The highest BCUT2D eigenvalue weighted by atomic mass is 16.4. The van der Waals surface area contributed by atoms with E-state index in [0.717, 1.165) is 5.56 Å². The number of hydrogen-bond acceptors (Lipinski definition) is 3. The Hall–Kier alpha value is -2.37. The van der Waals surface area contributed by atoms with E-state index in [-0.39, 0.29) is 31.3 Å². The number of carboxylic acid groups (broad SMARTS) is 1. The summed E-state index contributed by atoms with van der Waals surface area (Å²) < 4.78 is 0. The highest BCUT2D eigenvalue weighted by Gasteiger charge is 2.07. The fourth-order valence-electron chi connectivity index (χ4n) is 1.53. The maximum absolute atomic E-state index is 11.4. The van der Waals surface area contributed by atoms with Crippen LogP contribution in [0.2, 0.25) is 0 Å². The van der Waals surface area contributed by atoms with Crippen molar-refractivity contribution in [3.8, 4) is 0 Å². The quantitative estimate of drug-likeness (QED) is 0.677. The van der Waals surface area contributed by atoms with Crippen LogP contribution in [0.3, 0.4) is 0 Å². The average molecular weight is 264 g/mol. The fourth-order valence-corrected chi connectivity index (χ4v) is 1.53. The molecule has 1 aromatic rings. The van der Waals surface area contributed by atoms with Crippen molar-refractivity contribution in [2.24, 2.45) is 0 Å². The van der Waals surface area contributed by atoms with Crippen molar-refractivity contribution in [2.75, 3.05) is 6.54 Å². The lowest BCUT2D eigenvalue weighted by Crippen LogP contribution is -2.35. The second kappa shape index (κ2) is 7.15. The van der Waals surface area contributed by atoms with Crippen LogP contribution in [0.1, 0.15) is 18.1 Å². The Morgan fingerprint density at radius 2 is 1.74 bits per heavy atom.